The minimum atomic E-state index is -0.766. The predicted molar refractivity (Wildman–Crippen MR) is 70.6 cm³/mol. The van der Waals surface area contributed by atoms with Gasteiger partial charge in [0.2, 0.25) is 0 Å². The average molecular weight is 258 g/mol. The summed E-state index contributed by atoms with van der Waals surface area (Å²) in [5, 5.41) is 17.3. The molecule has 0 heterocycles. The summed E-state index contributed by atoms with van der Waals surface area (Å²) in [5.41, 5.74) is 0. The van der Waals surface area contributed by atoms with E-state index in [9.17, 15) is 9.59 Å². The van der Waals surface area contributed by atoms with Crippen LogP contribution in [0, 0.1) is 5.92 Å². The third-order valence-electron chi connectivity index (χ3n) is 3.24. The number of hydrogen-bond acceptors (Lipinski definition) is 2. The maximum Gasteiger partial charge on any atom is 0.303 e. The SMILES string of the molecule is CCCCCCC(CCCC(=O)O)CCC(=O)O. The molecule has 4 nitrogen and oxygen atoms in total. The number of unbranched alkanes of at least 4 members (excludes halogenated alkanes) is 3. The summed E-state index contributed by atoms with van der Waals surface area (Å²) in [6.45, 7) is 2.16. The summed E-state index contributed by atoms with van der Waals surface area (Å²) in [6, 6.07) is 0. The molecule has 106 valence electrons. The van der Waals surface area contributed by atoms with E-state index in [4.69, 9.17) is 10.2 Å². The molecule has 2 N–H and O–H groups in total. The molecule has 0 amide bonds. The van der Waals surface area contributed by atoms with Crippen LogP contribution in [-0.2, 0) is 9.59 Å². The van der Waals surface area contributed by atoms with Gasteiger partial charge in [-0.3, -0.25) is 9.59 Å². The van der Waals surface area contributed by atoms with Crippen LogP contribution in [0.5, 0.6) is 0 Å². The Labute approximate surface area is 109 Å². The van der Waals surface area contributed by atoms with E-state index in [1.807, 2.05) is 0 Å². The van der Waals surface area contributed by atoms with Crippen molar-refractivity contribution in [2.24, 2.45) is 5.92 Å². The molecule has 4 heteroatoms. The lowest BCUT2D eigenvalue weighted by Gasteiger charge is -2.15. The third-order valence-corrected chi connectivity index (χ3v) is 3.24. The third kappa shape index (κ3) is 11.4. The molecule has 0 aromatic carbocycles. The van der Waals surface area contributed by atoms with E-state index in [0.717, 1.165) is 19.3 Å². The molecule has 0 spiro atoms. The Kier molecular flexibility index (Phi) is 10.4. The summed E-state index contributed by atoms with van der Waals surface area (Å²) < 4.78 is 0. The van der Waals surface area contributed by atoms with Gasteiger partial charge in [0.25, 0.3) is 0 Å². The number of carboxylic acids is 2. The van der Waals surface area contributed by atoms with Crippen molar-refractivity contribution in [3.8, 4) is 0 Å². The van der Waals surface area contributed by atoms with Crippen molar-refractivity contribution in [1.29, 1.82) is 0 Å². The molecule has 0 rings (SSSR count). The first-order valence-electron chi connectivity index (χ1n) is 6.99. The second-order valence-corrected chi connectivity index (χ2v) is 4.93. The second-order valence-electron chi connectivity index (χ2n) is 4.93. The van der Waals surface area contributed by atoms with E-state index in [0.29, 0.717) is 18.8 Å². The fraction of sp³-hybridized carbons (Fsp3) is 0.857. The van der Waals surface area contributed by atoms with Gasteiger partial charge in [-0.1, -0.05) is 39.0 Å². The quantitative estimate of drug-likeness (QED) is 0.523. The lowest BCUT2D eigenvalue weighted by Crippen LogP contribution is -2.06. The molecular weight excluding hydrogens is 232 g/mol. The minimum Gasteiger partial charge on any atom is -0.481 e. The molecule has 0 radical (unpaired) electrons. The van der Waals surface area contributed by atoms with Gasteiger partial charge in [0.15, 0.2) is 0 Å². The number of carbonyl (C=O) groups is 2. The van der Waals surface area contributed by atoms with E-state index in [-0.39, 0.29) is 12.8 Å². The fourth-order valence-corrected chi connectivity index (χ4v) is 2.16. The number of hydrogen-bond donors (Lipinski definition) is 2. The summed E-state index contributed by atoms with van der Waals surface area (Å²) >= 11 is 0. The van der Waals surface area contributed by atoms with Gasteiger partial charge in [-0.15, -0.1) is 0 Å². The van der Waals surface area contributed by atoms with Crippen molar-refractivity contribution in [2.45, 2.75) is 71.1 Å². The number of rotatable bonds is 12. The molecule has 0 saturated heterocycles. The van der Waals surface area contributed by atoms with Crippen molar-refractivity contribution in [2.75, 3.05) is 0 Å². The van der Waals surface area contributed by atoms with Gasteiger partial charge in [0.05, 0.1) is 0 Å². The molecule has 0 aliphatic heterocycles. The lowest BCUT2D eigenvalue weighted by atomic mass is 9.91. The Morgan fingerprint density at radius 2 is 1.44 bits per heavy atom. The van der Waals surface area contributed by atoms with Gasteiger partial charge < -0.3 is 10.2 Å². The van der Waals surface area contributed by atoms with Gasteiger partial charge >= 0.3 is 11.9 Å². The van der Waals surface area contributed by atoms with E-state index in [2.05, 4.69) is 6.92 Å². The number of carboxylic acid groups (broad SMARTS) is 2. The molecule has 1 unspecified atom stereocenters. The van der Waals surface area contributed by atoms with Crippen molar-refractivity contribution in [3.05, 3.63) is 0 Å². The standard InChI is InChI=1S/C14H26O4/c1-2-3-4-5-7-12(10-11-14(17)18)8-6-9-13(15)16/h12H,2-11H2,1H3,(H,15,16)(H,17,18). The van der Waals surface area contributed by atoms with Crippen molar-refractivity contribution < 1.29 is 19.8 Å². The fourth-order valence-electron chi connectivity index (χ4n) is 2.16. The molecule has 0 aromatic heterocycles. The van der Waals surface area contributed by atoms with Crippen LogP contribution in [0.2, 0.25) is 0 Å². The van der Waals surface area contributed by atoms with Crippen LogP contribution < -0.4 is 0 Å². The Morgan fingerprint density at radius 3 is 2.00 bits per heavy atom. The Bertz CT molecular complexity index is 238. The van der Waals surface area contributed by atoms with Gasteiger partial charge in [0.1, 0.15) is 0 Å². The normalized spacial score (nSPS) is 12.3. The molecule has 0 saturated carbocycles. The molecule has 1 atom stereocenters. The molecule has 0 aromatic rings. The van der Waals surface area contributed by atoms with Crippen LogP contribution in [0.25, 0.3) is 0 Å². The maximum absolute atomic E-state index is 10.6. The van der Waals surface area contributed by atoms with Gasteiger partial charge in [-0.25, -0.2) is 0 Å². The zero-order valence-electron chi connectivity index (χ0n) is 11.4. The van der Waals surface area contributed by atoms with Crippen LogP contribution in [0.3, 0.4) is 0 Å². The highest BCUT2D eigenvalue weighted by molar-refractivity contribution is 5.67. The monoisotopic (exact) mass is 258 g/mol. The van der Waals surface area contributed by atoms with E-state index in [1.54, 1.807) is 0 Å². The maximum atomic E-state index is 10.6. The average Bonchev–Trinajstić information content (AvgIpc) is 2.30. The minimum absolute atomic E-state index is 0.193. The molecule has 0 bridgehead atoms. The smallest absolute Gasteiger partial charge is 0.303 e. The summed E-state index contributed by atoms with van der Waals surface area (Å²) in [7, 11) is 0. The Balaban J connectivity index is 3.83. The van der Waals surface area contributed by atoms with Crippen LogP contribution in [-0.4, -0.2) is 22.2 Å². The first-order chi connectivity index (χ1) is 8.56. The first kappa shape index (κ1) is 16.9. The highest BCUT2D eigenvalue weighted by Crippen LogP contribution is 2.22. The number of aliphatic carboxylic acids is 2. The lowest BCUT2D eigenvalue weighted by molar-refractivity contribution is -0.138. The van der Waals surface area contributed by atoms with Gasteiger partial charge in [-0.05, 0) is 25.2 Å². The molecule has 0 aliphatic carbocycles. The topological polar surface area (TPSA) is 74.6 Å². The van der Waals surface area contributed by atoms with Crippen molar-refractivity contribution in [1.82, 2.24) is 0 Å². The summed E-state index contributed by atoms with van der Waals surface area (Å²) in [6.07, 6.45) is 8.35. The highest BCUT2D eigenvalue weighted by atomic mass is 16.4. The Morgan fingerprint density at radius 1 is 0.833 bits per heavy atom. The summed E-state index contributed by atoms with van der Waals surface area (Å²) in [4.78, 5) is 21.0. The molecule has 18 heavy (non-hydrogen) atoms. The van der Waals surface area contributed by atoms with Crippen LogP contribution in [0.15, 0.2) is 0 Å². The molecule has 0 fully saturated rings. The van der Waals surface area contributed by atoms with E-state index < -0.39 is 11.9 Å². The van der Waals surface area contributed by atoms with Gasteiger partial charge in [0, 0.05) is 12.8 Å². The predicted octanol–water partition coefficient (Wildman–Crippen LogP) is 3.69. The van der Waals surface area contributed by atoms with E-state index in [1.165, 1.54) is 19.3 Å². The highest BCUT2D eigenvalue weighted by Gasteiger charge is 2.11. The van der Waals surface area contributed by atoms with Gasteiger partial charge in [-0.2, -0.15) is 0 Å². The second kappa shape index (κ2) is 11.1. The zero-order chi connectivity index (χ0) is 13.8. The van der Waals surface area contributed by atoms with Crippen LogP contribution >= 0.6 is 0 Å². The summed E-state index contributed by atoms with van der Waals surface area (Å²) in [5.74, 6) is -1.15. The molecular formula is C14H26O4. The van der Waals surface area contributed by atoms with E-state index >= 15 is 0 Å². The zero-order valence-corrected chi connectivity index (χ0v) is 11.4. The van der Waals surface area contributed by atoms with Crippen molar-refractivity contribution >= 4 is 11.9 Å². The van der Waals surface area contributed by atoms with Crippen LogP contribution in [0.4, 0.5) is 0 Å². The largest absolute Gasteiger partial charge is 0.481 e. The molecule has 0 aliphatic rings. The van der Waals surface area contributed by atoms with Crippen LogP contribution in [0.1, 0.15) is 71.1 Å². The Hall–Kier alpha value is -1.06. The first-order valence-corrected chi connectivity index (χ1v) is 6.99. The van der Waals surface area contributed by atoms with Crippen molar-refractivity contribution in [3.63, 3.8) is 0 Å².